The third kappa shape index (κ3) is 3.27. The molecular formula is C16H18ClNO2S. The zero-order valence-electron chi connectivity index (χ0n) is 12.6. The molecule has 1 aromatic heterocycles. The predicted molar refractivity (Wildman–Crippen MR) is 87.0 cm³/mol. The van der Waals surface area contributed by atoms with Crippen molar-refractivity contribution in [1.82, 2.24) is 4.98 Å². The van der Waals surface area contributed by atoms with Gasteiger partial charge in [0, 0.05) is 16.0 Å². The molecule has 0 unspecified atom stereocenters. The summed E-state index contributed by atoms with van der Waals surface area (Å²) in [5.41, 5.74) is 1.96. The number of aromatic nitrogens is 1. The standard InChI is InChI=1S/C16H18ClNO2S/c1-5-20-15(19)16(3,4)13-9-21-14(18-13)11-7-6-10(2)12(17)8-11/h6-9H,5H2,1-4H3. The smallest absolute Gasteiger partial charge is 0.317 e. The van der Waals surface area contributed by atoms with Gasteiger partial charge in [-0.25, -0.2) is 4.98 Å². The molecule has 1 heterocycles. The normalized spacial score (nSPS) is 11.5. The van der Waals surface area contributed by atoms with Gasteiger partial charge in [-0.3, -0.25) is 4.79 Å². The summed E-state index contributed by atoms with van der Waals surface area (Å²) in [6.45, 7) is 7.78. The van der Waals surface area contributed by atoms with Crippen molar-refractivity contribution < 1.29 is 9.53 Å². The van der Waals surface area contributed by atoms with E-state index in [9.17, 15) is 4.79 Å². The largest absolute Gasteiger partial charge is 0.465 e. The maximum atomic E-state index is 12.0. The Morgan fingerprint density at radius 2 is 2.14 bits per heavy atom. The molecule has 0 atom stereocenters. The average Bonchev–Trinajstić information content (AvgIpc) is 2.92. The van der Waals surface area contributed by atoms with Crippen molar-refractivity contribution in [3.8, 4) is 10.6 Å². The van der Waals surface area contributed by atoms with Gasteiger partial charge in [-0.15, -0.1) is 11.3 Å². The minimum Gasteiger partial charge on any atom is -0.465 e. The van der Waals surface area contributed by atoms with Crippen molar-refractivity contribution in [2.45, 2.75) is 33.1 Å². The number of rotatable bonds is 4. The van der Waals surface area contributed by atoms with Crippen molar-refractivity contribution in [3.05, 3.63) is 39.9 Å². The van der Waals surface area contributed by atoms with Crippen LogP contribution in [0.4, 0.5) is 0 Å². The van der Waals surface area contributed by atoms with Crippen molar-refractivity contribution in [3.63, 3.8) is 0 Å². The van der Waals surface area contributed by atoms with Crippen LogP contribution in [0.25, 0.3) is 10.6 Å². The first-order chi connectivity index (χ1) is 9.86. The van der Waals surface area contributed by atoms with E-state index >= 15 is 0 Å². The Balaban J connectivity index is 2.33. The van der Waals surface area contributed by atoms with Gasteiger partial charge in [0.2, 0.25) is 0 Å². The molecule has 2 aromatic rings. The Kier molecular flexibility index (Phi) is 4.69. The third-order valence-electron chi connectivity index (χ3n) is 3.35. The summed E-state index contributed by atoms with van der Waals surface area (Å²) >= 11 is 7.66. The van der Waals surface area contributed by atoms with Crippen LogP contribution in [-0.2, 0) is 14.9 Å². The fourth-order valence-corrected chi connectivity index (χ4v) is 3.00. The van der Waals surface area contributed by atoms with Gasteiger partial charge in [0.1, 0.15) is 10.4 Å². The molecule has 3 nitrogen and oxygen atoms in total. The number of halogens is 1. The van der Waals surface area contributed by atoms with Gasteiger partial charge in [0.15, 0.2) is 0 Å². The van der Waals surface area contributed by atoms with Gasteiger partial charge >= 0.3 is 5.97 Å². The van der Waals surface area contributed by atoms with E-state index in [1.54, 1.807) is 6.92 Å². The van der Waals surface area contributed by atoms with Gasteiger partial charge in [0.25, 0.3) is 0 Å². The summed E-state index contributed by atoms with van der Waals surface area (Å²) in [5, 5.41) is 3.47. The maximum Gasteiger partial charge on any atom is 0.317 e. The van der Waals surface area contributed by atoms with Gasteiger partial charge in [-0.05, 0) is 39.3 Å². The SMILES string of the molecule is CCOC(=O)C(C)(C)c1csc(-c2ccc(C)c(Cl)c2)n1. The third-order valence-corrected chi connectivity index (χ3v) is 4.65. The van der Waals surface area contributed by atoms with E-state index in [1.807, 2.05) is 44.4 Å². The maximum absolute atomic E-state index is 12.0. The Hall–Kier alpha value is -1.39. The lowest BCUT2D eigenvalue weighted by Gasteiger charge is -2.19. The summed E-state index contributed by atoms with van der Waals surface area (Å²) < 4.78 is 5.12. The van der Waals surface area contributed by atoms with Crippen molar-refractivity contribution in [2.24, 2.45) is 0 Å². The Bertz CT molecular complexity index is 664. The zero-order chi connectivity index (χ0) is 15.6. The monoisotopic (exact) mass is 323 g/mol. The van der Waals surface area contributed by atoms with Crippen LogP contribution in [0.15, 0.2) is 23.6 Å². The highest BCUT2D eigenvalue weighted by atomic mass is 35.5. The lowest BCUT2D eigenvalue weighted by atomic mass is 9.90. The Morgan fingerprint density at radius 3 is 2.76 bits per heavy atom. The second-order valence-corrected chi connectivity index (χ2v) is 6.61. The van der Waals surface area contributed by atoms with E-state index in [0.717, 1.165) is 21.8 Å². The molecule has 0 spiro atoms. The van der Waals surface area contributed by atoms with Crippen molar-refractivity contribution in [1.29, 1.82) is 0 Å². The number of esters is 1. The quantitative estimate of drug-likeness (QED) is 0.771. The first-order valence-corrected chi connectivity index (χ1v) is 8.01. The fourth-order valence-electron chi connectivity index (χ4n) is 1.84. The minimum atomic E-state index is -0.751. The summed E-state index contributed by atoms with van der Waals surface area (Å²) in [5.74, 6) is -0.260. The topological polar surface area (TPSA) is 39.2 Å². The van der Waals surface area contributed by atoms with E-state index in [0.29, 0.717) is 11.6 Å². The van der Waals surface area contributed by atoms with Crippen LogP contribution in [-0.4, -0.2) is 17.6 Å². The first kappa shape index (κ1) is 16.0. The van der Waals surface area contributed by atoms with Gasteiger partial charge in [-0.2, -0.15) is 0 Å². The Labute approximate surface area is 133 Å². The van der Waals surface area contributed by atoms with Gasteiger partial charge < -0.3 is 4.74 Å². The van der Waals surface area contributed by atoms with E-state index in [4.69, 9.17) is 16.3 Å². The van der Waals surface area contributed by atoms with Crippen LogP contribution in [0.1, 0.15) is 32.0 Å². The molecule has 0 saturated carbocycles. The van der Waals surface area contributed by atoms with Crippen molar-refractivity contribution in [2.75, 3.05) is 6.61 Å². The summed E-state index contributed by atoms with van der Waals surface area (Å²) in [6.07, 6.45) is 0. The number of carbonyl (C=O) groups is 1. The number of thiazole rings is 1. The average molecular weight is 324 g/mol. The zero-order valence-corrected chi connectivity index (χ0v) is 14.1. The molecule has 0 aliphatic carbocycles. The van der Waals surface area contributed by atoms with E-state index in [1.165, 1.54) is 11.3 Å². The van der Waals surface area contributed by atoms with Crippen molar-refractivity contribution >= 4 is 28.9 Å². The van der Waals surface area contributed by atoms with Crippen LogP contribution in [0, 0.1) is 6.92 Å². The Morgan fingerprint density at radius 1 is 1.43 bits per heavy atom. The molecule has 0 saturated heterocycles. The predicted octanol–water partition coefficient (Wildman–Crippen LogP) is 4.61. The lowest BCUT2D eigenvalue weighted by Crippen LogP contribution is -2.31. The van der Waals surface area contributed by atoms with Crippen LogP contribution in [0.3, 0.4) is 0 Å². The summed E-state index contributed by atoms with van der Waals surface area (Å²) in [4.78, 5) is 16.6. The fraction of sp³-hybridized carbons (Fsp3) is 0.375. The highest BCUT2D eigenvalue weighted by Gasteiger charge is 2.34. The van der Waals surface area contributed by atoms with E-state index in [-0.39, 0.29) is 5.97 Å². The molecule has 112 valence electrons. The molecular weight excluding hydrogens is 306 g/mol. The number of nitrogens with zero attached hydrogens (tertiary/aromatic N) is 1. The molecule has 0 amide bonds. The second-order valence-electron chi connectivity index (χ2n) is 5.35. The molecule has 0 aliphatic heterocycles. The molecule has 0 radical (unpaired) electrons. The lowest BCUT2D eigenvalue weighted by molar-refractivity contribution is -0.148. The van der Waals surface area contributed by atoms with Crippen LogP contribution < -0.4 is 0 Å². The molecule has 21 heavy (non-hydrogen) atoms. The highest BCUT2D eigenvalue weighted by molar-refractivity contribution is 7.13. The molecule has 5 heteroatoms. The number of hydrogen-bond donors (Lipinski definition) is 0. The first-order valence-electron chi connectivity index (χ1n) is 6.76. The number of aryl methyl sites for hydroxylation is 1. The van der Waals surface area contributed by atoms with E-state index in [2.05, 4.69) is 4.98 Å². The number of hydrogen-bond acceptors (Lipinski definition) is 4. The summed E-state index contributed by atoms with van der Waals surface area (Å²) in [6, 6.07) is 5.85. The summed E-state index contributed by atoms with van der Waals surface area (Å²) in [7, 11) is 0. The molecule has 2 rings (SSSR count). The van der Waals surface area contributed by atoms with E-state index < -0.39 is 5.41 Å². The molecule has 0 aliphatic rings. The van der Waals surface area contributed by atoms with Gasteiger partial charge in [0.05, 0.1) is 12.3 Å². The minimum absolute atomic E-state index is 0.260. The molecule has 0 bridgehead atoms. The number of benzene rings is 1. The van der Waals surface area contributed by atoms with Crippen LogP contribution >= 0.6 is 22.9 Å². The number of ether oxygens (including phenoxy) is 1. The highest BCUT2D eigenvalue weighted by Crippen LogP contribution is 2.32. The van der Waals surface area contributed by atoms with Crippen LogP contribution in [0.5, 0.6) is 0 Å². The van der Waals surface area contributed by atoms with Gasteiger partial charge in [-0.1, -0.05) is 23.7 Å². The van der Waals surface area contributed by atoms with Crippen LogP contribution in [0.2, 0.25) is 5.02 Å². The second kappa shape index (κ2) is 6.16. The molecule has 1 aromatic carbocycles. The molecule has 0 fully saturated rings. The number of carbonyl (C=O) groups excluding carboxylic acids is 1. The molecule has 0 N–H and O–H groups in total.